The van der Waals surface area contributed by atoms with Gasteiger partial charge in [-0.15, -0.1) is 0 Å². The second kappa shape index (κ2) is 5.19. The quantitative estimate of drug-likeness (QED) is 0.798. The molecule has 0 aromatic carbocycles. The Balaban J connectivity index is 2.21. The molecule has 0 radical (unpaired) electrons. The molecule has 2 aromatic heterocycles. The highest BCUT2D eigenvalue weighted by molar-refractivity contribution is 6.05. The van der Waals surface area contributed by atoms with Gasteiger partial charge in [-0.25, -0.2) is 4.39 Å². The molecule has 0 aliphatic heterocycles. The van der Waals surface area contributed by atoms with E-state index >= 15 is 0 Å². The summed E-state index contributed by atoms with van der Waals surface area (Å²) in [4.78, 5) is 23.2. The molecule has 0 saturated heterocycles. The van der Waals surface area contributed by atoms with Crippen LogP contribution in [0.15, 0.2) is 30.6 Å². The summed E-state index contributed by atoms with van der Waals surface area (Å²) in [6.07, 6.45) is 3.24. The number of Topliss-reactive ketones (excluding diaryl/α,β-unsaturated/α-hetero) is 1. The van der Waals surface area contributed by atoms with Gasteiger partial charge in [-0.05, 0) is 25.1 Å². The van der Waals surface area contributed by atoms with Gasteiger partial charge in [0.15, 0.2) is 5.78 Å². The Labute approximate surface area is 109 Å². The number of rotatable bonds is 4. The highest BCUT2D eigenvalue weighted by atomic mass is 19.1. The smallest absolute Gasteiger partial charge is 0.237 e. The molecule has 2 rings (SSSR count). The van der Waals surface area contributed by atoms with Crippen LogP contribution in [0, 0.1) is 5.82 Å². The number of nitrogens with zero attached hydrogens (tertiary/aromatic N) is 1. The lowest BCUT2D eigenvalue weighted by molar-refractivity contribution is -0.121. The standard InChI is InChI=1S/C13H14FN3O2/c1-8(15)13(19)16-7-11(18)9-4-6-17-5-2-3-10(14)12(9)17/h2-6,8H,7,15H2,1H3,(H,16,19)/t8-/m0/s1. The molecule has 0 spiro atoms. The lowest BCUT2D eigenvalue weighted by Gasteiger charge is -2.06. The summed E-state index contributed by atoms with van der Waals surface area (Å²) in [6, 6.07) is 3.68. The van der Waals surface area contributed by atoms with Crippen LogP contribution in [0.2, 0.25) is 0 Å². The molecule has 5 nitrogen and oxygen atoms in total. The van der Waals surface area contributed by atoms with Crippen molar-refractivity contribution in [2.45, 2.75) is 13.0 Å². The molecule has 1 amide bonds. The van der Waals surface area contributed by atoms with E-state index in [1.54, 1.807) is 18.5 Å². The Bertz CT molecular complexity index is 634. The summed E-state index contributed by atoms with van der Waals surface area (Å²) in [5.74, 6) is -1.26. The van der Waals surface area contributed by atoms with Crippen LogP contribution < -0.4 is 11.1 Å². The maximum atomic E-state index is 13.7. The molecule has 0 aliphatic carbocycles. The molecule has 0 aliphatic rings. The van der Waals surface area contributed by atoms with Gasteiger partial charge in [-0.2, -0.15) is 0 Å². The number of hydrogen-bond acceptors (Lipinski definition) is 3. The monoisotopic (exact) mass is 263 g/mol. The van der Waals surface area contributed by atoms with Gasteiger partial charge in [0.1, 0.15) is 5.82 Å². The number of nitrogens with one attached hydrogen (secondary N) is 1. The van der Waals surface area contributed by atoms with E-state index in [1.807, 2.05) is 0 Å². The van der Waals surface area contributed by atoms with Gasteiger partial charge in [0.25, 0.3) is 0 Å². The molecule has 1 atom stereocenters. The second-order valence-corrected chi connectivity index (χ2v) is 4.27. The van der Waals surface area contributed by atoms with Crippen LogP contribution in [-0.4, -0.2) is 28.7 Å². The van der Waals surface area contributed by atoms with Gasteiger partial charge in [0.05, 0.1) is 18.1 Å². The minimum Gasteiger partial charge on any atom is -0.347 e. The molecule has 0 saturated carbocycles. The molecular weight excluding hydrogens is 249 g/mol. The van der Waals surface area contributed by atoms with Crippen LogP contribution in [0.5, 0.6) is 0 Å². The average molecular weight is 263 g/mol. The highest BCUT2D eigenvalue weighted by Gasteiger charge is 2.16. The van der Waals surface area contributed by atoms with Gasteiger partial charge in [-0.3, -0.25) is 9.59 Å². The minimum atomic E-state index is -0.685. The topological polar surface area (TPSA) is 76.6 Å². The van der Waals surface area contributed by atoms with Crippen LogP contribution in [-0.2, 0) is 4.79 Å². The SMILES string of the molecule is C[C@H](N)C(=O)NCC(=O)c1ccn2cccc(F)c12. The molecule has 6 heteroatoms. The van der Waals surface area contributed by atoms with Crippen LogP contribution in [0.4, 0.5) is 4.39 Å². The normalized spacial score (nSPS) is 12.4. The first-order chi connectivity index (χ1) is 9.00. The number of halogens is 1. The number of nitrogens with two attached hydrogens (primary N) is 1. The van der Waals surface area contributed by atoms with E-state index in [0.717, 1.165) is 0 Å². The highest BCUT2D eigenvalue weighted by Crippen LogP contribution is 2.16. The zero-order valence-electron chi connectivity index (χ0n) is 10.4. The van der Waals surface area contributed by atoms with E-state index in [2.05, 4.69) is 5.32 Å². The van der Waals surface area contributed by atoms with Crippen LogP contribution in [0.25, 0.3) is 5.52 Å². The first kappa shape index (κ1) is 13.2. The average Bonchev–Trinajstić information content (AvgIpc) is 2.80. The first-order valence-corrected chi connectivity index (χ1v) is 5.82. The third kappa shape index (κ3) is 2.63. The van der Waals surface area contributed by atoms with Crippen molar-refractivity contribution in [3.63, 3.8) is 0 Å². The lowest BCUT2D eigenvalue weighted by Crippen LogP contribution is -2.40. The molecule has 3 N–H and O–H groups in total. The largest absolute Gasteiger partial charge is 0.347 e. The van der Waals surface area contributed by atoms with Gasteiger partial charge in [-0.1, -0.05) is 0 Å². The number of hydrogen-bond donors (Lipinski definition) is 2. The van der Waals surface area contributed by atoms with Crippen LogP contribution >= 0.6 is 0 Å². The molecule has 2 aromatic rings. The summed E-state index contributed by atoms with van der Waals surface area (Å²) < 4.78 is 15.2. The van der Waals surface area contributed by atoms with Crippen molar-refractivity contribution in [3.05, 3.63) is 42.0 Å². The van der Waals surface area contributed by atoms with Gasteiger partial charge in [0, 0.05) is 18.0 Å². The molecule has 0 bridgehead atoms. The summed E-state index contributed by atoms with van der Waals surface area (Å²) in [7, 11) is 0. The Morgan fingerprint density at radius 3 is 2.84 bits per heavy atom. The van der Waals surface area contributed by atoms with E-state index in [9.17, 15) is 14.0 Å². The molecule has 0 fully saturated rings. The van der Waals surface area contributed by atoms with Crippen molar-refractivity contribution in [3.8, 4) is 0 Å². The summed E-state index contributed by atoms with van der Waals surface area (Å²) in [6.45, 7) is 1.32. The Hall–Kier alpha value is -2.21. The second-order valence-electron chi connectivity index (χ2n) is 4.27. The Morgan fingerprint density at radius 1 is 1.42 bits per heavy atom. The number of fused-ring (bicyclic) bond motifs is 1. The summed E-state index contributed by atoms with van der Waals surface area (Å²) in [5, 5.41) is 2.41. The van der Waals surface area contributed by atoms with Crippen molar-refractivity contribution in [1.82, 2.24) is 9.72 Å². The zero-order chi connectivity index (χ0) is 14.0. The van der Waals surface area contributed by atoms with E-state index in [0.29, 0.717) is 0 Å². The zero-order valence-corrected chi connectivity index (χ0v) is 10.4. The maximum Gasteiger partial charge on any atom is 0.237 e. The number of aromatic nitrogens is 1. The van der Waals surface area contributed by atoms with Crippen LogP contribution in [0.1, 0.15) is 17.3 Å². The fraction of sp³-hybridized carbons (Fsp3) is 0.231. The van der Waals surface area contributed by atoms with E-state index in [4.69, 9.17) is 5.73 Å². The fourth-order valence-electron chi connectivity index (χ4n) is 1.77. The Morgan fingerprint density at radius 2 is 2.16 bits per heavy atom. The van der Waals surface area contributed by atoms with Crippen molar-refractivity contribution < 1.29 is 14.0 Å². The third-order valence-corrected chi connectivity index (χ3v) is 2.77. The molecular formula is C13H14FN3O2. The van der Waals surface area contributed by atoms with Crippen molar-refractivity contribution in [1.29, 1.82) is 0 Å². The lowest BCUT2D eigenvalue weighted by atomic mass is 10.1. The van der Waals surface area contributed by atoms with Gasteiger partial charge >= 0.3 is 0 Å². The number of ketones is 1. The third-order valence-electron chi connectivity index (χ3n) is 2.77. The summed E-state index contributed by atoms with van der Waals surface area (Å²) in [5.41, 5.74) is 5.82. The number of pyridine rings is 1. The number of carbonyl (C=O) groups is 2. The molecule has 0 unspecified atom stereocenters. The van der Waals surface area contributed by atoms with Crippen molar-refractivity contribution >= 4 is 17.2 Å². The van der Waals surface area contributed by atoms with E-state index < -0.39 is 17.8 Å². The van der Waals surface area contributed by atoms with Crippen molar-refractivity contribution in [2.24, 2.45) is 5.73 Å². The molecule has 2 heterocycles. The van der Waals surface area contributed by atoms with E-state index in [1.165, 1.54) is 23.5 Å². The predicted molar refractivity (Wildman–Crippen MR) is 68.3 cm³/mol. The fourth-order valence-corrected chi connectivity index (χ4v) is 1.77. The number of carbonyl (C=O) groups excluding carboxylic acids is 2. The molecule has 100 valence electrons. The number of amides is 1. The van der Waals surface area contributed by atoms with Gasteiger partial charge in [0.2, 0.25) is 5.91 Å². The summed E-state index contributed by atoms with van der Waals surface area (Å²) >= 11 is 0. The minimum absolute atomic E-state index is 0.200. The van der Waals surface area contributed by atoms with Gasteiger partial charge < -0.3 is 15.5 Å². The molecule has 19 heavy (non-hydrogen) atoms. The maximum absolute atomic E-state index is 13.7. The van der Waals surface area contributed by atoms with E-state index in [-0.39, 0.29) is 23.4 Å². The first-order valence-electron chi connectivity index (χ1n) is 5.82. The predicted octanol–water partition coefficient (Wildman–Crippen LogP) is 0.725. The van der Waals surface area contributed by atoms with Crippen LogP contribution in [0.3, 0.4) is 0 Å². The Kier molecular flexibility index (Phi) is 3.62. The van der Waals surface area contributed by atoms with Crippen molar-refractivity contribution in [2.75, 3.05) is 6.54 Å².